The molecule has 2 N–H and O–H groups in total. The van der Waals surface area contributed by atoms with Crippen LogP contribution >= 0.6 is 21.6 Å². The second-order valence-corrected chi connectivity index (χ2v) is 25.4. The number of allylic oxidation sites excluding steroid dienone is 4. The summed E-state index contributed by atoms with van der Waals surface area (Å²) in [6.07, 6.45) is 18.1. The van der Waals surface area contributed by atoms with Crippen LogP contribution in [-0.4, -0.2) is 106 Å². The summed E-state index contributed by atoms with van der Waals surface area (Å²) in [6.45, 7) is 15.8. The average molecular weight is 947 g/mol. The lowest BCUT2D eigenvalue weighted by Crippen LogP contribution is -2.70. The van der Waals surface area contributed by atoms with Crippen molar-refractivity contribution < 1.29 is 53.0 Å². The molecule has 360 valence electrons. The molecule has 66 heavy (non-hydrogen) atoms. The lowest BCUT2D eigenvalue weighted by Gasteiger charge is -2.53. The van der Waals surface area contributed by atoms with Crippen LogP contribution in [0.2, 0.25) is 0 Å². The Hall–Kier alpha value is -2.39. The average Bonchev–Trinajstić information content (AvgIpc) is 4.12. The molecule has 0 radical (unpaired) electrons. The van der Waals surface area contributed by atoms with E-state index in [4.69, 9.17) is 28.4 Å². The Morgan fingerprint density at radius 2 is 1.68 bits per heavy atom. The lowest BCUT2D eigenvalue weighted by molar-refractivity contribution is -0.168. The van der Waals surface area contributed by atoms with Crippen LogP contribution in [0.3, 0.4) is 0 Å². The number of carbonyl (C=O) groups excluding carboxylic acids is 3. The van der Waals surface area contributed by atoms with E-state index in [-0.39, 0.29) is 71.4 Å². The highest BCUT2D eigenvalue weighted by molar-refractivity contribution is 8.76. The topological polar surface area (TPSA) is 157 Å². The number of esters is 3. The van der Waals surface area contributed by atoms with Crippen LogP contribution in [0.1, 0.15) is 125 Å². The van der Waals surface area contributed by atoms with Crippen LogP contribution in [0.15, 0.2) is 58.7 Å². The Balaban J connectivity index is 0.651. The number of epoxide rings is 3. The van der Waals surface area contributed by atoms with Gasteiger partial charge in [0.05, 0.1) is 31.2 Å². The van der Waals surface area contributed by atoms with Crippen LogP contribution in [-0.2, 0) is 42.8 Å². The maximum absolute atomic E-state index is 13.7. The van der Waals surface area contributed by atoms with Crippen LogP contribution in [0.25, 0.3) is 0 Å². The summed E-state index contributed by atoms with van der Waals surface area (Å²) in [7, 11) is 3.17. The van der Waals surface area contributed by atoms with E-state index in [1.807, 2.05) is 0 Å². The second kappa shape index (κ2) is 16.6. The molecular weight excluding hydrogens is 877 g/mol. The van der Waals surface area contributed by atoms with Crippen molar-refractivity contribution in [1.82, 2.24) is 0 Å². The first kappa shape index (κ1) is 46.0. The van der Waals surface area contributed by atoms with Gasteiger partial charge < -0.3 is 38.6 Å². The summed E-state index contributed by atoms with van der Waals surface area (Å²) in [5.41, 5.74) is 3.01. The van der Waals surface area contributed by atoms with Gasteiger partial charge in [-0.1, -0.05) is 86.6 Å². The largest absolute Gasteiger partial charge is 0.458 e. The Kier molecular flexibility index (Phi) is 11.6. The molecule has 2 spiro atoms. The van der Waals surface area contributed by atoms with E-state index in [9.17, 15) is 24.6 Å². The molecule has 11 rings (SSSR count). The van der Waals surface area contributed by atoms with Crippen molar-refractivity contribution in [1.29, 1.82) is 0 Å². The quantitative estimate of drug-likeness (QED) is 0.0403. The monoisotopic (exact) mass is 946 g/mol. The molecular formula is C53H70O11S2. The molecule has 11 nitrogen and oxygen atoms in total. The van der Waals surface area contributed by atoms with Gasteiger partial charge >= 0.3 is 17.9 Å². The molecule has 3 saturated heterocycles. The lowest BCUT2D eigenvalue weighted by atomic mass is 9.46. The predicted molar refractivity (Wildman–Crippen MR) is 251 cm³/mol. The number of hydrogen-bond donors (Lipinski definition) is 2. The van der Waals surface area contributed by atoms with Crippen molar-refractivity contribution in [2.24, 2.45) is 46.3 Å². The zero-order valence-corrected chi connectivity index (χ0v) is 41.1. The van der Waals surface area contributed by atoms with Gasteiger partial charge in [-0.25, -0.2) is 4.79 Å². The summed E-state index contributed by atoms with van der Waals surface area (Å²) in [5.74, 6) is 2.55. The molecule has 0 amide bonds. The fraction of sp³-hybridized carbons (Fsp3) is 0.755. The van der Waals surface area contributed by atoms with Gasteiger partial charge in [-0.15, -0.1) is 0 Å². The van der Waals surface area contributed by atoms with Gasteiger partial charge in [0.15, 0.2) is 11.7 Å². The van der Waals surface area contributed by atoms with E-state index >= 15 is 0 Å². The molecule has 6 saturated carbocycles. The van der Waals surface area contributed by atoms with Gasteiger partial charge in [-0.05, 0) is 134 Å². The van der Waals surface area contributed by atoms with Crippen molar-refractivity contribution in [3.8, 4) is 0 Å². The van der Waals surface area contributed by atoms with E-state index < -0.39 is 35.1 Å². The van der Waals surface area contributed by atoms with Crippen molar-refractivity contribution in [2.45, 2.75) is 184 Å². The molecule has 9 fully saturated rings. The maximum atomic E-state index is 13.7. The standard InChI is InChI=1S/C53H70O11S2/c1-28(2)51-45(63-51)46-53(64-46)50(6)21-17-35-36(27-59-47(35)58)39(50)26-42-52(53,62-42)48(51)61-44(57)19-23-66-65-22-18-43(56)60-41(32-11-12-32)16-9-29(3)37-14-15-38-31(8-7-20-49(37,38)5)10-13-33-24-34(54)25-40(55)30(33)4/h9-10,13,16,28-29,32,34,37-42,45-46,48,54-55H,4,7-8,11-12,14-15,17-27H2,1-3,5-6H3/b16-9+,31-10+,33-13-/t29-,34+,37?,38?,39-,40-,41?,42-,45-,46-,48+,49+,50-,51-,52+,53+/m0/s1. The number of carbonyl (C=O) groups is 3. The van der Waals surface area contributed by atoms with Gasteiger partial charge in [0.2, 0.25) is 0 Å². The summed E-state index contributed by atoms with van der Waals surface area (Å²) < 4.78 is 38.3. The van der Waals surface area contributed by atoms with E-state index in [0.717, 1.165) is 60.8 Å². The molecule has 7 aliphatic carbocycles. The number of rotatable bonds is 15. The minimum Gasteiger partial charge on any atom is -0.458 e. The Labute approximate surface area is 398 Å². The number of aliphatic hydroxyl groups excluding tert-OH is 2. The number of hydrogen-bond acceptors (Lipinski definition) is 13. The van der Waals surface area contributed by atoms with Crippen molar-refractivity contribution in [3.63, 3.8) is 0 Å². The van der Waals surface area contributed by atoms with E-state index in [2.05, 4.69) is 65.5 Å². The molecule has 0 aromatic carbocycles. The molecule has 4 heterocycles. The van der Waals surface area contributed by atoms with Gasteiger partial charge in [0.1, 0.15) is 36.1 Å². The molecule has 13 heteroatoms. The highest BCUT2D eigenvalue weighted by atomic mass is 33.1. The van der Waals surface area contributed by atoms with Crippen LogP contribution < -0.4 is 0 Å². The molecule has 4 aliphatic heterocycles. The van der Waals surface area contributed by atoms with Crippen LogP contribution in [0.5, 0.6) is 0 Å². The fourth-order valence-corrected chi connectivity index (χ4v) is 17.3. The summed E-state index contributed by atoms with van der Waals surface area (Å²) in [4.78, 5) is 39.5. The molecule has 16 atom stereocenters. The molecule has 3 unspecified atom stereocenters. The number of fused-ring (bicyclic) bond motifs is 5. The van der Waals surface area contributed by atoms with Crippen LogP contribution in [0, 0.1) is 46.3 Å². The summed E-state index contributed by atoms with van der Waals surface area (Å²) in [6, 6.07) is 0. The second-order valence-electron chi connectivity index (χ2n) is 22.7. The van der Waals surface area contributed by atoms with Crippen molar-refractivity contribution in [2.75, 3.05) is 18.1 Å². The minimum atomic E-state index is -0.761. The molecule has 0 aromatic rings. The number of aliphatic hydroxyl groups is 2. The smallest absolute Gasteiger partial charge is 0.334 e. The highest BCUT2D eigenvalue weighted by Gasteiger charge is 3.01. The third kappa shape index (κ3) is 7.02. The first-order valence-corrected chi connectivity index (χ1v) is 27.8. The normalized spacial score (nSPS) is 45.8. The first-order valence-electron chi connectivity index (χ1n) is 25.3. The van der Waals surface area contributed by atoms with E-state index in [0.29, 0.717) is 67.5 Å². The third-order valence-electron chi connectivity index (χ3n) is 19.1. The summed E-state index contributed by atoms with van der Waals surface area (Å²) in [5, 5.41) is 20.6. The third-order valence-corrected chi connectivity index (χ3v) is 21.5. The SMILES string of the molecule is C=C1/C(=C\C=C2/CCC[C@@]3(C)C2CCC3[C@@H](C)/C=C/C(OC(=O)CCSSCCC(=O)O[C@@H]2[C@@]3(C(C)C)O[C@H]3[C@@H]3O[C@]34[C@]23O[C@H]3C[C@H]2C3=C(CC[C@@]24C)C(=O)OC3)C2CC2)C[C@@H](O)C[C@@H]1O. The zero-order valence-electron chi connectivity index (χ0n) is 39.4. The zero-order chi connectivity index (χ0) is 46.1. The van der Waals surface area contributed by atoms with Gasteiger partial charge in [-0.3, -0.25) is 9.59 Å². The van der Waals surface area contributed by atoms with Gasteiger partial charge in [-0.2, -0.15) is 0 Å². The molecule has 11 aliphatic rings. The number of ether oxygens (including phenoxy) is 6. The first-order chi connectivity index (χ1) is 31.6. The fourth-order valence-electron chi connectivity index (χ4n) is 15.4. The Morgan fingerprint density at radius 3 is 2.44 bits per heavy atom. The van der Waals surface area contributed by atoms with Crippen LogP contribution in [0.4, 0.5) is 0 Å². The predicted octanol–water partition coefficient (Wildman–Crippen LogP) is 8.47. The highest BCUT2D eigenvalue weighted by Crippen LogP contribution is 2.83. The molecule has 0 aromatic heterocycles. The van der Waals surface area contributed by atoms with E-state index in [1.54, 1.807) is 21.6 Å². The van der Waals surface area contributed by atoms with Crippen molar-refractivity contribution >= 4 is 39.5 Å². The maximum Gasteiger partial charge on any atom is 0.334 e. The van der Waals surface area contributed by atoms with Gasteiger partial charge in [0, 0.05) is 28.9 Å². The summed E-state index contributed by atoms with van der Waals surface area (Å²) >= 11 is 0. The Bertz CT molecular complexity index is 2180. The number of cyclic esters (lactones) is 1. The van der Waals surface area contributed by atoms with E-state index in [1.165, 1.54) is 24.8 Å². The Morgan fingerprint density at radius 1 is 0.909 bits per heavy atom. The van der Waals surface area contributed by atoms with Gasteiger partial charge in [0.25, 0.3) is 0 Å². The molecule has 0 bridgehead atoms. The minimum absolute atomic E-state index is 0.0976. The van der Waals surface area contributed by atoms with Crippen molar-refractivity contribution in [3.05, 3.63) is 58.7 Å².